The molecular formula is C19H18F2N2O3. The van der Waals surface area contributed by atoms with E-state index in [-0.39, 0.29) is 18.0 Å². The molecule has 2 aromatic rings. The highest BCUT2D eigenvalue weighted by atomic mass is 19.2. The van der Waals surface area contributed by atoms with E-state index in [1.165, 1.54) is 6.07 Å². The van der Waals surface area contributed by atoms with Crippen LogP contribution in [0.15, 0.2) is 42.5 Å². The first-order chi connectivity index (χ1) is 12.5. The number of amides is 2. The molecular weight excluding hydrogens is 342 g/mol. The van der Waals surface area contributed by atoms with Gasteiger partial charge in [0.15, 0.2) is 11.6 Å². The molecule has 1 atom stereocenters. The molecule has 2 amide bonds. The Balaban J connectivity index is 1.73. The average molecular weight is 360 g/mol. The Morgan fingerprint density at radius 3 is 2.50 bits per heavy atom. The second kappa shape index (κ2) is 7.51. The number of nitrogens with one attached hydrogen (secondary N) is 1. The summed E-state index contributed by atoms with van der Waals surface area (Å²) in [5.74, 6) is -2.15. The van der Waals surface area contributed by atoms with Crippen molar-refractivity contribution in [3.05, 3.63) is 54.1 Å². The van der Waals surface area contributed by atoms with Gasteiger partial charge in [0, 0.05) is 11.8 Å². The Morgan fingerprint density at radius 2 is 1.85 bits per heavy atom. The number of carbonyl (C=O) groups excluding carboxylic acids is 2. The van der Waals surface area contributed by atoms with E-state index in [0.29, 0.717) is 18.0 Å². The zero-order chi connectivity index (χ0) is 18.7. The van der Waals surface area contributed by atoms with Crippen LogP contribution in [0.2, 0.25) is 0 Å². The molecule has 2 aromatic carbocycles. The molecule has 1 heterocycles. The van der Waals surface area contributed by atoms with Gasteiger partial charge in [0.2, 0.25) is 5.91 Å². The van der Waals surface area contributed by atoms with E-state index in [0.717, 1.165) is 23.5 Å². The third-order valence-electron chi connectivity index (χ3n) is 3.97. The molecule has 5 nitrogen and oxygen atoms in total. The number of anilines is 2. The van der Waals surface area contributed by atoms with Gasteiger partial charge in [0.05, 0.1) is 18.7 Å². The highest BCUT2D eigenvalue weighted by Gasteiger charge is 2.39. The molecule has 1 aliphatic rings. The van der Waals surface area contributed by atoms with Crippen molar-refractivity contribution in [2.24, 2.45) is 0 Å². The van der Waals surface area contributed by atoms with E-state index >= 15 is 0 Å². The molecule has 1 aliphatic heterocycles. The number of hydrogen-bond acceptors (Lipinski definition) is 4. The van der Waals surface area contributed by atoms with Gasteiger partial charge in [-0.15, -0.1) is 0 Å². The average Bonchev–Trinajstić information content (AvgIpc) is 2.90. The minimum atomic E-state index is -1.02. The lowest BCUT2D eigenvalue weighted by atomic mass is 10.2. The summed E-state index contributed by atoms with van der Waals surface area (Å²) in [6.45, 7) is 2.58. The normalized spacial score (nSPS) is 16.9. The molecule has 136 valence electrons. The summed E-state index contributed by atoms with van der Waals surface area (Å²) >= 11 is 0. The van der Waals surface area contributed by atoms with E-state index in [9.17, 15) is 18.4 Å². The van der Waals surface area contributed by atoms with Crippen LogP contribution in [0.5, 0.6) is 5.75 Å². The van der Waals surface area contributed by atoms with Crippen molar-refractivity contribution in [1.29, 1.82) is 0 Å². The predicted octanol–water partition coefficient (Wildman–Crippen LogP) is 3.50. The molecule has 1 saturated heterocycles. The van der Waals surface area contributed by atoms with E-state index in [1.54, 1.807) is 24.3 Å². The molecule has 0 spiro atoms. The molecule has 26 heavy (non-hydrogen) atoms. The van der Waals surface area contributed by atoms with Crippen molar-refractivity contribution in [2.75, 3.05) is 16.8 Å². The van der Waals surface area contributed by atoms with Crippen LogP contribution in [0.1, 0.15) is 19.8 Å². The maximum atomic E-state index is 13.3. The molecule has 0 aromatic heterocycles. The molecule has 1 fully saturated rings. The van der Waals surface area contributed by atoms with E-state index in [1.807, 2.05) is 6.92 Å². The lowest BCUT2D eigenvalue weighted by Gasteiger charge is -2.16. The van der Waals surface area contributed by atoms with Crippen molar-refractivity contribution in [3.8, 4) is 5.75 Å². The molecule has 0 bridgehead atoms. The lowest BCUT2D eigenvalue weighted by Crippen LogP contribution is -2.34. The fourth-order valence-corrected chi connectivity index (χ4v) is 2.71. The molecule has 0 aliphatic carbocycles. The lowest BCUT2D eigenvalue weighted by molar-refractivity contribution is -0.121. The molecule has 7 heteroatoms. The van der Waals surface area contributed by atoms with Crippen molar-refractivity contribution in [2.45, 2.75) is 25.8 Å². The summed E-state index contributed by atoms with van der Waals surface area (Å²) in [5.41, 5.74) is 0.679. The first-order valence-electron chi connectivity index (χ1n) is 8.31. The zero-order valence-corrected chi connectivity index (χ0v) is 14.2. The first kappa shape index (κ1) is 17.8. The number of imide groups is 1. The fraction of sp³-hybridized carbons (Fsp3) is 0.263. The van der Waals surface area contributed by atoms with Crippen LogP contribution in [-0.4, -0.2) is 24.5 Å². The largest absolute Gasteiger partial charge is 0.494 e. The summed E-state index contributed by atoms with van der Waals surface area (Å²) in [4.78, 5) is 25.9. The monoisotopic (exact) mass is 360 g/mol. The van der Waals surface area contributed by atoms with Gasteiger partial charge in [0.1, 0.15) is 11.8 Å². The van der Waals surface area contributed by atoms with Gasteiger partial charge >= 0.3 is 0 Å². The van der Waals surface area contributed by atoms with Gasteiger partial charge in [-0.25, -0.2) is 13.7 Å². The van der Waals surface area contributed by atoms with Crippen molar-refractivity contribution in [1.82, 2.24) is 0 Å². The molecule has 1 N–H and O–H groups in total. The van der Waals surface area contributed by atoms with Crippen molar-refractivity contribution >= 4 is 23.2 Å². The number of nitrogens with zero attached hydrogens (tertiary/aromatic N) is 1. The Kier molecular flexibility index (Phi) is 5.16. The van der Waals surface area contributed by atoms with Crippen LogP contribution in [0, 0.1) is 11.6 Å². The standard InChI is InChI=1S/C19H18F2N2O3/c1-2-9-26-14-6-4-13(5-7-14)23-18(24)11-17(19(23)25)22-12-3-8-15(20)16(21)10-12/h3-8,10,17,22H,2,9,11H2,1H3/t17-/m0/s1. The van der Waals surface area contributed by atoms with E-state index < -0.39 is 23.6 Å². The minimum Gasteiger partial charge on any atom is -0.494 e. The summed E-state index contributed by atoms with van der Waals surface area (Å²) < 4.78 is 31.8. The van der Waals surface area contributed by atoms with Gasteiger partial charge in [-0.3, -0.25) is 9.59 Å². The van der Waals surface area contributed by atoms with Crippen LogP contribution in [0.25, 0.3) is 0 Å². The quantitative estimate of drug-likeness (QED) is 0.801. The molecule has 0 saturated carbocycles. The Hall–Kier alpha value is -2.96. The van der Waals surface area contributed by atoms with Gasteiger partial charge in [-0.1, -0.05) is 6.92 Å². The Labute approximate surface area is 149 Å². The third-order valence-corrected chi connectivity index (χ3v) is 3.97. The molecule has 0 radical (unpaired) electrons. The van der Waals surface area contributed by atoms with Crippen LogP contribution < -0.4 is 15.0 Å². The van der Waals surface area contributed by atoms with Crippen molar-refractivity contribution < 1.29 is 23.1 Å². The summed E-state index contributed by atoms with van der Waals surface area (Å²) in [7, 11) is 0. The first-order valence-corrected chi connectivity index (χ1v) is 8.31. The number of carbonyl (C=O) groups is 2. The molecule has 0 unspecified atom stereocenters. The van der Waals surface area contributed by atoms with Crippen molar-refractivity contribution in [3.63, 3.8) is 0 Å². The van der Waals surface area contributed by atoms with Gasteiger partial charge in [0.25, 0.3) is 5.91 Å². The number of rotatable bonds is 6. The highest BCUT2D eigenvalue weighted by Crippen LogP contribution is 2.27. The van der Waals surface area contributed by atoms with Crippen LogP contribution >= 0.6 is 0 Å². The highest BCUT2D eigenvalue weighted by molar-refractivity contribution is 6.23. The van der Waals surface area contributed by atoms with Gasteiger partial charge in [-0.05, 0) is 42.8 Å². The Bertz CT molecular complexity index is 824. The smallest absolute Gasteiger partial charge is 0.256 e. The van der Waals surface area contributed by atoms with Crippen LogP contribution in [0.4, 0.5) is 20.2 Å². The maximum Gasteiger partial charge on any atom is 0.256 e. The van der Waals surface area contributed by atoms with E-state index in [2.05, 4.69) is 5.32 Å². The number of ether oxygens (including phenoxy) is 1. The van der Waals surface area contributed by atoms with Gasteiger partial charge in [-0.2, -0.15) is 0 Å². The SMILES string of the molecule is CCCOc1ccc(N2C(=O)C[C@H](Nc3ccc(F)c(F)c3)C2=O)cc1. The second-order valence-electron chi connectivity index (χ2n) is 5.94. The number of halogens is 2. The minimum absolute atomic E-state index is 0.0636. The topological polar surface area (TPSA) is 58.6 Å². The second-order valence-corrected chi connectivity index (χ2v) is 5.94. The van der Waals surface area contributed by atoms with Gasteiger partial charge < -0.3 is 10.1 Å². The number of hydrogen-bond donors (Lipinski definition) is 1. The molecule has 3 rings (SSSR count). The summed E-state index contributed by atoms with van der Waals surface area (Å²) in [6, 6.07) is 9.08. The zero-order valence-electron chi connectivity index (χ0n) is 14.2. The van der Waals surface area contributed by atoms with Crippen LogP contribution in [0.3, 0.4) is 0 Å². The Morgan fingerprint density at radius 1 is 1.12 bits per heavy atom. The summed E-state index contributed by atoms with van der Waals surface area (Å²) in [6.07, 6.45) is 0.814. The fourth-order valence-electron chi connectivity index (χ4n) is 2.71. The number of benzene rings is 2. The predicted molar refractivity (Wildman–Crippen MR) is 93.1 cm³/mol. The third kappa shape index (κ3) is 3.66. The van der Waals surface area contributed by atoms with E-state index in [4.69, 9.17) is 4.74 Å². The van der Waals surface area contributed by atoms with Crippen LogP contribution in [-0.2, 0) is 9.59 Å². The maximum absolute atomic E-state index is 13.3. The summed E-state index contributed by atoms with van der Waals surface area (Å²) in [5, 5.41) is 2.78.